The fourth-order valence-electron chi connectivity index (χ4n) is 2.54. The maximum Gasteiger partial charge on any atom is 0.281 e. The smallest absolute Gasteiger partial charge is 0.281 e. The highest BCUT2D eigenvalue weighted by atomic mass is 35.5. The summed E-state index contributed by atoms with van der Waals surface area (Å²) in [6.07, 6.45) is 1.50. The van der Waals surface area contributed by atoms with E-state index in [0.29, 0.717) is 15.8 Å². The van der Waals surface area contributed by atoms with Crippen LogP contribution in [0, 0.1) is 6.92 Å². The first-order valence-corrected chi connectivity index (χ1v) is 9.23. The fraction of sp³-hybridized carbons (Fsp3) is 0.0526. The SMILES string of the molecule is Cc1ccc2nc(NC(=O)c3nn(-c4ccc(Cl)cc4)ccc3=O)sc2c1. The summed E-state index contributed by atoms with van der Waals surface area (Å²) in [4.78, 5) is 29.1. The zero-order valence-corrected chi connectivity index (χ0v) is 15.7. The number of benzene rings is 2. The summed E-state index contributed by atoms with van der Waals surface area (Å²) in [6.45, 7) is 1.99. The molecule has 0 aliphatic heterocycles. The van der Waals surface area contributed by atoms with Gasteiger partial charge < -0.3 is 0 Å². The number of fused-ring (bicyclic) bond motifs is 1. The van der Waals surface area contributed by atoms with E-state index in [2.05, 4.69) is 15.4 Å². The minimum absolute atomic E-state index is 0.206. The maximum absolute atomic E-state index is 12.6. The van der Waals surface area contributed by atoms with E-state index in [1.54, 1.807) is 24.3 Å². The van der Waals surface area contributed by atoms with Gasteiger partial charge in [-0.2, -0.15) is 5.10 Å². The molecule has 0 saturated carbocycles. The second-order valence-corrected chi connectivity index (χ2v) is 7.36. The van der Waals surface area contributed by atoms with Crippen LogP contribution in [0.15, 0.2) is 59.5 Å². The number of thiazole rings is 1. The van der Waals surface area contributed by atoms with Gasteiger partial charge in [0.1, 0.15) is 0 Å². The number of aromatic nitrogens is 3. The molecule has 0 unspecified atom stereocenters. The van der Waals surface area contributed by atoms with Crippen molar-refractivity contribution in [1.29, 1.82) is 0 Å². The molecule has 0 aliphatic carbocycles. The molecule has 27 heavy (non-hydrogen) atoms. The summed E-state index contributed by atoms with van der Waals surface area (Å²) in [5.41, 5.74) is 1.92. The van der Waals surface area contributed by atoms with Gasteiger partial charge in [-0.25, -0.2) is 9.67 Å². The molecule has 0 atom stereocenters. The Bertz CT molecular complexity index is 1210. The van der Waals surface area contributed by atoms with Gasteiger partial charge in [-0.1, -0.05) is 29.0 Å². The molecule has 0 bridgehead atoms. The lowest BCUT2D eigenvalue weighted by Gasteiger charge is -2.07. The molecule has 2 heterocycles. The molecular weight excluding hydrogens is 384 g/mol. The highest BCUT2D eigenvalue weighted by Gasteiger charge is 2.16. The second kappa shape index (κ2) is 6.94. The van der Waals surface area contributed by atoms with Crippen LogP contribution in [0.2, 0.25) is 5.02 Å². The van der Waals surface area contributed by atoms with E-state index in [4.69, 9.17) is 11.6 Å². The van der Waals surface area contributed by atoms with E-state index in [0.717, 1.165) is 15.8 Å². The van der Waals surface area contributed by atoms with Crippen molar-refractivity contribution >= 4 is 44.2 Å². The average molecular weight is 397 g/mol. The van der Waals surface area contributed by atoms with Crippen molar-refractivity contribution in [3.8, 4) is 5.69 Å². The van der Waals surface area contributed by atoms with Crippen LogP contribution in [-0.4, -0.2) is 20.7 Å². The molecule has 4 rings (SSSR count). The van der Waals surface area contributed by atoms with E-state index in [1.807, 2.05) is 25.1 Å². The number of carbonyl (C=O) groups is 1. The number of nitrogens with one attached hydrogen (secondary N) is 1. The molecule has 0 saturated heterocycles. The molecule has 2 aromatic heterocycles. The minimum Gasteiger partial charge on any atom is -0.296 e. The molecule has 0 aliphatic rings. The number of anilines is 1. The maximum atomic E-state index is 12.6. The van der Waals surface area contributed by atoms with Crippen molar-refractivity contribution in [2.75, 3.05) is 5.32 Å². The summed E-state index contributed by atoms with van der Waals surface area (Å²) in [5, 5.41) is 7.84. The second-order valence-electron chi connectivity index (χ2n) is 5.89. The molecule has 1 N–H and O–H groups in total. The predicted octanol–water partition coefficient (Wildman–Crippen LogP) is 4.06. The standard InChI is InChI=1S/C19H13ClN4O2S/c1-11-2-7-14-16(10-11)27-19(21-14)22-18(26)17-15(25)8-9-24(23-17)13-5-3-12(20)4-6-13/h2-10H,1H3,(H,21,22,26). The van der Waals surface area contributed by atoms with E-state index in [9.17, 15) is 9.59 Å². The van der Waals surface area contributed by atoms with E-state index >= 15 is 0 Å². The van der Waals surface area contributed by atoms with Gasteiger partial charge in [-0.05, 0) is 48.9 Å². The largest absolute Gasteiger partial charge is 0.296 e. The van der Waals surface area contributed by atoms with Crippen LogP contribution in [0.1, 0.15) is 16.1 Å². The first kappa shape index (κ1) is 17.4. The van der Waals surface area contributed by atoms with E-state index in [-0.39, 0.29) is 5.69 Å². The Balaban J connectivity index is 1.65. The predicted molar refractivity (Wildman–Crippen MR) is 107 cm³/mol. The summed E-state index contributed by atoms with van der Waals surface area (Å²) >= 11 is 7.24. The summed E-state index contributed by atoms with van der Waals surface area (Å²) in [6, 6.07) is 14.1. The van der Waals surface area contributed by atoms with Crippen molar-refractivity contribution in [3.05, 3.63) is 81.2 Å². The monoisotopic (exact) mass is 396 g/mol. The number of aryl methyl sites for hydroxylation is 1. The Morgan fingerprint density at radius 2 is 1.93 bits per heavy atom. The molecule has 0 fully saturated rings. The number of rotatable bonds is 3. The van der Waals surface area contributed by atoms with Gasteiger partial charge in [0, 0.05) is 17.3 Å². The van der Waals surface area contributed by atoms with Crippen molar-refractivity contribution in [2.24, 2.45) is 0 Å². The number of hydrogen-bond donors (Lipinski definition) is 1. The van der Waals surface area contributed by atoms with Gasteiger partial charge in [-0.15, -0.1) is 0 Å². The lowest BCUT2D eigenvalue weighted by Crippen LogP contribution is -2.25. The first-order chi connectivity index (χ1) is 13.0. The molecule has 134 valence electrons. The van der Waals surface area contributed by atoms with Gasteiger partial charge in [0.05, 0.1) is 15.9 Å². The average Bonchev–Trinajstić information content (AvgIpc) is 3.04. The topological polar surface area (TPSA) is 76.9 Å². The highest BCUT2D eigenvalue weighted by Crippen LogP contribution is 2.26. The number of halogens is 1. The molecular formula is C19H13ClN4O2S. The summed E-state index contributed by atoms with van der Waals surface area (Å²) in [7, 11) is 0. The third kappa shape index (κ3) is 3.60. The van der Waals surface area contributed by atoms with Gasteiger partial charge in [0.25, 0.3) is 5.91 Å². The van der Waals surface area contributed by atoms with Gasteiger partial charge in [0.2, 0.25) is 5.43 Å². The lowest BCUT2D eigenvalue weighted by molar-refractivity contribution is 0.101. The fourth-order valence-corrected chi connectivity index (χ4v) is 3.63. The highest BCUT2D eigenvalue weighted by molar-refractivity contribution is 7.22. The Morgan fingerprint density at radius 1 is 1.15 bits per heavy atom. The summed E-state index contributed by atoms with van der Waals surface area (Å²) in [5.74, 6) is -0.598. The van der Waals surface area contributed by atoms with Crippen LogP contribution in [0.25, 0.3) is 15.9 Å². The van der Waals surface area contributed by atoms with Crippen molar-refractivity contribution in [2.45, 2.75) is 6.92 Å². The zero-order chi connectivity index (χ0) is 19.0. The van der Waals surface area contributed by atoms with E-state index < -0.39 is 11.3 Å². The normalized spacial score (nSPS) is 10.9. The Kier molecular flexibility index (Phi) is 4.47. The van der Waals surface area contributed by atoms with E-state index in [1.165, 1.54) is 28.3 Å². The molecule has 0 radical (unpaired) electrons. The molecule has 1 amide bonds. The summed E-state index contributed by atoms with van der Waals surface area (Å²) < 4.78 is 2.42. The number of hydrogen-bond acceptors (Lipinski definition) is 5. The minimum atomic E-state index is -0.598. The van der Waals surface area contributed by atoms with Crippen LogP contribution in [-0.2, 0) is 0 Å². The first-order valence-electron chi connectivity index (χ1n) is 8.04. The third-order valence-electron chi connectivity index (χ3n) is 3.88. The van der Waals surface area contributed by atoms with Gasteiger partial charge >= 0.3 is 0 Å². The zero-order valence-electron chi connectivity index (χ0n) is 14.1. The third-order valence-corrected chi connectivity index (χ3v) is 5.06. The van der Waals surface area contributed by atoms with Crippen LogP contribution >= 0.6 is 22.9 Å². The van der Waals surface area contributed by atoms with Crippen molar-refractivity contribution < 1.29 is 4.79 Å². The van der Waals surface area contributed by atoms with Crippen LogP contribution in [0.5, 0.6) is 0 Å². The molecule has 4 aromatic rings. The van der Waals surface area contributed by atoms with Crippen molar-refractivity contribution in [1.82, 2.24) is 14.8 Å². The lowest BCUT2D eigenvalue weighted by atomic mass is 10.2. The quantitative estimate of drug-likeness (QED) is 0.566. The molecule has 2 aromatic carbocycles. The number of nitrogens with zero attached hydrogens (tertiary/aromatic N) is 3. The number of amides is 1. The Morgan fingerprint density at radius 3 is 2.70 bits per heavy atom. The van der Waals surface area contributed by atoms with Crippen LogP contribution in [0.4, 0.5) is 5.13 Å². The van der Waals surface area contributed by atoms with Crippen LogP contribution < -0.4 is 10.7 Å². The van der Waals surface area contributed by atoms with Gasteiger partial charge in [0.15, 0.2) is 10.8 Å². The van der Waals surface area contributed by atoms with Gasteiger partial charge in [-0.3, -0.25) is 14.9 Å². The number of carbonyl (C=O) groups excluding carboxylic acids is 1. The van der Waals surface area contributed by atoms with Crippen LogP contribution in [0.3, 0.4) is 0 Å². The molecule has 6 nitrogen and oxygen atoms in total. The molecule has 8 heteroatoms. The van der Waals surface area contributed by atoms with Crippen molar-refractivity contribution in [3.63, 3.8) is 0 Å². The Labute approximate surface area is 163 Å². The molecule has 0 spiro atoms. The Hall–Kier alpha value is -3.03.